The zero-order valence-electron chi connectivity index (χ0n) is 10.4. The Morgan fingerprint density at radius 3 is 2.33 bits per heavy atom. The van der Waals surface area contributed by atoms with Crippen LogP contribution in [0.25, 0.3) is 0 Å². The van der Waals surface area contributed by atoms with Crippen molar-refractivity contribution >= 4 is 5.78 Å². The van der Waals surface area contributed by atoms with Gasteiger partial charge in [0.15, 0.2) is 0 Å². The summed E-state index contributed by atoms with van der Waals surface area (Å²) in [5, 5.41) is 0. The van der Waals surface area contributed by atoms with E-state index < -0.39 is 0 Å². The van der Waals surface area contributed by atoms with Crippen LogP contribution in [-0.2, 0) is 4.79 Å². The Morgan fingerprint density at radius 1 is 1.20 bits per heavy atom. The van der Waals surface area contributed by atoms with Gasteiger partial charge in [0.25, 0.3) is 0 Å². The van der Waals surface area contributed by atoms with Crippen LogP contribution in [0, 0.1) is 23.7 Å². The van der Waals surface area contributed by atoms with E-state index in [9.17, 15) is 4.79 Å². The van der Waals surface area contributed by atoms with Crippen LogP contribution in [0.5, 0.6) is 0 Å². The van der Waals surface area contributed by atoms with E-state index in [4.69, 9.17) is 0 Å². The third-order valence-corrected chi connectivity index (χ3v) is 4.29. The minimum absolute atomic E-state index is 0.356. The van der Waals surface area contributed by atoms with E-state index >= 15 is 0 Å². The maximum absolute atomic E-state index is 12.2. The van der Waals surface area contributed by atoms with Crippen molar-refractivity contribution in [3.05, 3.63) is 0 Å². The molecule has 86 valence electrons. The monoisotopic (exact) mass is 209 g/mol. The minimum Gasteiger partial charge on any atom is -0.300 e. The molecule has 0 amide bonds. The Balaban J connectivity index is 2.03. The van der Waals surface area contributed by atoms with Crippen LogP contribution in [0.4, 0.5) is 0 Å². The second kappa shape index (κ2) is 3.89. The lowest BCUT2D eigenvalue weighted by atomic mass is 9.92. The first-order valence-electron chi connectivity index (χ1n) is 6.28. The molecule has 2 nitrogen and oxygen atoms in total. The molecular formula is C13H23NO. The fourth-order valence-corrected chi connectivity index (χ4v) is 3.21. The number of hydrogen-bond acceptors (Lipinski definition) is 2. The second-order valence-corrected chi connectivity index (χ2v) is 5.90. The summed E-state index contributed by atoms with van der Waals surface area (Å²) in [7, 11) is 0. The molecule has 1 aliphatic heterocycles. The van der Waals surface area contributed by atoms with Crippen LogP contribution in [0.2, 0.25) is 0 Å². The highest BCUT2D eigenvalue weighted by atomic mass is 16.1. The Bertz CT molecular complexity index is 259. The van der Waals surface area contributed by atoms with Gasteiger partial charge in [-0.3, -0.25) is 9.69 Å². The largest absolute Gasteiger partial charge is 0.300 e. The van der Waals surface area contributed by atoms with Crippen LogP contribution in [0.1, 0.15) is 34.1 Å². The van der Waals surface area contributed by atoms with Gasteiger partial charge in [0.1, 0.15) is 5.78 Å². The van der Waals surface area contributed by atoms with Gasteiger partial charge < -0.3 is 0 Å². The summed E-state index contributed by atoms with van der Waals surface area (Å²) in [5.41, 5.74) is 0. The quantitative estimate of drug-likeness (QED) is 0.695. The Labute approximate surface area is 93.0 Å². The Hall–Kier alpha value is -0.370. The summed E-state index contributed by atoms with van der Waals surface area (Å²) >= 11 is 0. The number of nitrogens with zero attached hydrogens (tertiary/aromatic N) is 1. The lowest BCUT2D eigenvalue weighted by Crippen LogP contribution is -2.31. The van der Waals surface area contributed by atoms with Gasteiger partial charge in [0, 0.05) is 31.0 Å². The summed E-state index contributed by atoms with van der Waals surface area (Å²) in [6.07, 6.45) is 1.14. The molecule has 1 saturated carbocycles. The van der Waals surface area contributed by atoms with Gasteiger partial charge in [-0.25, -0.2) is 0 Å². The Morgan fingerprint density at radius 2 is 1.87 bits per heavy atom. The molecule has 1 heterocycles. The normalized spacial score (nSPS) is 36.9. The van der Waals surface area contributed by atoms with E-state index in [1.807, 2.05) is 0 Å². The summed E-state index contributed by atoms with van der Waals surface area (Å²) in [6.45, 7) is 11.0. The summed E-state index contributed by atoms with van der Waals surface area (Å²) < 4.78 is 0. The molecule has 0 aromatic heterocycles. The molecular weight excluding hydrogens is 186 g/mol. The highest BCUT2D eigenvalue weighted by Gasteiger charge is 2.48. The zero-order chi connectivity index (χ0) is 11.2. The number of hydrogen-bond donors (Lipinski definition) is 0. The van der Waals surface area contributed by atoms with Crippen LogP contribution < -0.4 is 0 Å². The number of carbonyl (C=O) groups excluding carboxylic acids is 1. The molecule has 2 fully saturated rings. The molecule has 0 spiro atoms. The van der Waals surface area contributed by atoms with Crippen LogP contribution in [-0.4, -0.2) is 29.8 Å². The molecule has 1 aliphatic carbocycles. The van der Waals surface area contributed by atoms with Crippen molar-refractivity contribution in [3.63, 3.8) is 0 Å². The highest BCUT2D eigenvalue weighted by molar-refractivity contribution is 5.86. The van der Waals surface area contributed by atoms with Crippen LogP contribution >= 0.6 is 0 Å². The smallest absolute Gasteiger partial charge is 0.140 e. The van der Waals surface area contributed by atoms with E-state index in [-0.39, 0.29) is 0 Å². The Kier molecular flexibility index (Phi) is 2.89. The van der Waals surface area contributed by atoms with E-state index in [2.05, 4.69) is 32.6 Å². The first-order valence-corrected chi connectivity index (χ1v) is 6.28. The predicted octanol–water partition coefficient (Wildman–Crippen LogP) is 2.19. The molecule has 1 saturated heterocycles. The second-order valence-electron chi connectivity index (χ2n) is 5.90. The first-order chi connectivity index (χ1) is 7.00. The fraction of sp³-hybridized carbons (Fsp3) is 0.923. The number of ketones is 1. The topological polar surface area (TPSA) is 20.3 Å². The number of likely N-dealkylation sites (tertiary alicyclic amines) is 1. The van der Waals surface area contributed by atoms with Gasteiger partial charge in [-0.2, -0.15) is 0 Å². The number of carbonyl (C=O) groups is 1. The van der Waals surface area contributed by atoms with Crippen molar-refractivity contribution in [2.45, 2.75) is 40.2 Å². The molecule has 0 aromatic rings. The first kappa shape index (κ1) is 11.1. The molecule has 3 atom stereocenters. The zero-order valence-corrected chi connectivity index (χ0v) is 10.4. The summed E-state index contributed by atoms with van der Waals surface area (Å²) in [6, 6.07) is 0.598. The lowest BCUT2D eigenvalue weighted by molar-refractivity contribution is -0.125. The SMILES string of the molecule is CC(C)C1CC2CN(C(C)C)CC2C1=O. The molecule has 0 radical (unpaired) electrons. The maximum Gasteiger partial charge on any atom is 0.140 e. The van der Waals surface area contributed by atoms with Crippen LogP contribution in [0.3, 0.4) is 0 Å². The molecule has 2 heteroatoms. The van der Waals surface area contributed by atoms with Gasteiger partial charge in [0.2, 0.25) is 0 Å². The van der Waals surface area contributed by atoms with Crippen molar-refractivity contribution < 1.29 is 4.79 Å². The highest BCUT2D eigenvalue weighted by Crippen LogP contribution is 2.42. The molecule has 3 unspecified atom stereocenters. The molecule has 0 N–H and O–H groups in total. The average Bonchev–Trinajstić information content (AvgIpc) is 2.65. The van der Waals surface area contributed by atoms with Gasteiger partial charge in [0.05, 0.1) is 0 Å². The minimum atomic E-state index is 0.356. The maximum atomic E-state index is 12.2. The third kappa shape index (κ3) is 1.84. The number of rotatable bonds is 2. The summed E-state index contributed by atoms with van der Waals surface area (Å²) in [5.74, 6) is 2.47. The lowest BCUT2D eigenvalue weighted by Gasteiger charge is -2.23. The molecule has 0 aromatic carbocycles. The molecule has 0 bridgehead atoms. The van der Waals surface area contributed by atoms with E-state index in [1.54, 1.807) is 0 Å². The van der Waals surface area contributed by atoms with E-state index in [0.717, 1.165) is 19.5 Å². The van der Waals surface area contributed by atoms with Crippen molar-refractivity contribution in [2.75, 3.05) is 13.1 Å². The molecule has 2 rings (SSSR count). The van der Waals surface area contributed by atoms with Gasteiger partial charge in [-0.05, 0) is 32.1 Å². The van der Waals surface area contributed by atoms with Crippen molar-refractivity contribution in [1.82, 2.24) is 4.90 Å². The predicted molar refractivity (Wildman–Crippen MR) is 61.6 cm³/mol. The third-order valence-electron chi connectivity index (χ3n) is 4.29. The summed E-state index contributed by atoms with van der Waals surface area (Å²) in [4.78, 5) is 14.6. The number of Topliss-reactive ketones (excluding diaryl/α,β-unsaturated/α-hetero) is 1. The van der Waals surface area contributed by atoms with Crippen molar-refractivity contribution in [3.8, 4) is 0 Å². The van der Waals surface area contributed by atoms with E-state index in [0.29, 0.717) is 35.5 Å². The average molecular weight is 209 g/mol. The standard InChI is InChI=1S/C13H23NO/c1-8(2)11-5-10-6-14(9(3)4)7-12(10)13(11)15/h8-12H,5-7H2,1-4H3. The van der Waals surface area contributed by atoms with Crippen molar-refractivity contribution in [1.29, 1.82) is 0 Å². The van der Waals surface area contributed by atoms with Crippen molar-refractivity contribution in [2.24, 2.45) is 23.7 Å². The fourth-order valence-electron chi connectivity index (χ4n) is 3.21. The van der Waals surface area contributed by atoms with Gasteiger partial charge in [-0.1, -0.05) is 13.8 Å². The van der Waals surface area contributed by atoms with Gasteiger partial charge >= 0.3 is 0 Å². The van der Waals surface area contributed by atoms with E-state index in [1.165, 1.54) is 0 Å². The van der Waals surface area contributed by atoms with Crippen LogP contribution in [0.15, 0.2) is 0 Å². The molecule has 15 heavy (non-hydrogen) atoms. The number of fused-ring (bicyclic) bond motifs is 1. The van der Waals surface area contributed by atoms with Gasteiger partial charge in [-0.15, -0.1) is 0 Å². The molecule has 2 aliphatic rings.